The second-order valence-electron chi connectivity index (χ2n) is 5.24. The number of carbonyl (C=O) groups excluding carboxylic acids is 2. The molecule has 1 atom stereocenters. The van der Waals surface area contributed by atoms with Gasteiger partial charge in [-0.2, -0.15) is 0 Å². The molecule has 0 radical (unpaired) electrons. The summed E-state index contributed by atoms with van der Waals surface area (Å²) in [6.07, 6.45) is 0.744. The molecule has 0 aromatic heterocycles. The molecular formula is C18H20ClN3O2. The molecule has 0 bridgehead atoms. The van der Waals surface area contributed by atoms with E-state index in [2.05, 4.69) is 16.0 Å². The summed E-state index contributed by atoms with van der Waals surface area (Å²) < 4.78 is 0. The zero-order valence-electron chi connectivity index (χ0n) is 13.4. The summed E-state index contributed by atoms with van der Waals surface area (Å²) in [4.78, 5) is 23.7. The highest BCUT2D eigenvalue weighted by molar-refractivity contribution is 6.30. The first kappa shape index (κ1) is 18.0. The van der Waals surface area contributed by atoms with Crippen LogP contribution < -0.4 is 16.0 Å². The van der Waals surface area contributed by atoms with Crippen molar-refractivity contribution in [3.05, 3.63) is 70.7 Å². The van der Waals surface area contributed by atoms with Gasteiger partial charge in [0, 0.05) is 18.6 Å². The fourth-order valence-electron chi connectivity index (χ4n) is 2.27. The smallest absolute Gasteiger partial charge is 0.321 e. The van der Waals surface area contributed by atoms with Gasteiger partial charge >= 0.3 is 6.03 Å². The van der Waals surface area contributed by atoms with Crippen LogP contribution in [0, 0.1) is 0 Å². The molecule has 2 rings (SSSR count). The number of halogens is 1. The summed E-state index contributed by atoms with van der Waals surface area (Å²) in [7, 11) is 1.47. The van der Waals surface area contributed by atoms with E-state index in [1.54, 1.807) is 0 Å². The summed E-state index contributed by atoms with van der Waals surface area (Å²) in [5.41, 5.74) is 1.92. The maximum Gasteiger partial charge on any atom is 0.321 e. The van der Waals surface area contributed by atoms with Crippen LogP contribution in [-0.4, -0.2) is 25.5 Å². The molecule has 0 spiro atoms. The Balaban J connectivity index is 2.01. The van der Waals surface area contributed by atoms with Crippen molar-refractivity contribution in [2.75, 3.05) is 13.6 Å². The van der Waals surface area contributed by atoms with Crippen LogP contribution >= 0.6 is 11.6 Å². The largest absolute Gasteiger partial charge is 0.341 e. The van der Waals surface area contributed by atoms with Gasteiger partial charge < -0.3 is 10.6 Å². The number of imide groups is 1. The maximum atomic E-state index is 12.3. The van der Waals surface area contributed by atoms with Crippen molar-refractivity contribution in [1.29, 1.82) is 0 Å². The third kappa shape index (κ3) is 5.37. The third-order valence-corrected chi connectivity index (χ3v) is 3.79. The van der Waals surface area contributed by atoms with Gasteiger partial charge in [-0.15, -0.1) is 0 Å². The van der Waals surface area contributed by atoms with Crippen molar-refractivity contribution in [2.24, 2.45) is 0 Å². The molecule has 5 nitrogen and oxygen atoms in total. The van der Waals surface area contributed by atoms with E-state index in [1.807, 2.05) is 54.6 Å². The van der Waals surface area contributed by atoms with Crippen molar-refractivity contribution in [1.82, 2.24) is 16.0 Å². The van der Waals surface area contributed by atoms with E-state index in [4.69, 9.17) is 11.6 Å². The molecule has 0 aliphatic heterocycles. The Morgan fingerprint density at radius 1 is 1.04 bits per heavy atom. The first-order valence-corrected chi connectivity index (χ1v) is 8.03. The van der Waals surface area contributed by atoms with Crippen LogP contribution in [-0.2, 0) is 11.2 Å². The Bertz CT molecular complexity index is 674. The van der Waals surface area contributed by atoms with Gasteiger partial charge in [-0.3, -0.25) is 10.1 Å². The normalized spacial score (nSPS) is 11.6. The van der Waals surface area contributed by atoms with Gasteiger partial charge in [-0.25, -0.2) is 4.79 Å². The minimum atomic E-state index is -0.601. The van der Waals surface area contributed by atoms with Crippen LogP contribution in [0.15, 0.2) is 54.6 Å². The van der Waals surface area contributed by atoms with Crippen LogP contribution in [0.1, 0.15) is 17.2 Å². The standard InChI is InChI=1S/C18H20ClN3O2/c1-20-18(24)22-17(23)16(14-5-3-2-4-6-14)21-12-11-13-7-9-15(19)10-8-13/h2-10,16,21H,11-12H2,1H3,(H2,20,22,23,24)/t16-/m0/s1. The average molecular weight is 346 g/mol. The zero-order valence-corrected chi connectivity index (χ0v) is 14.1. The van der Waals surface area contributed by atoms with Crippen LogP contribution in [0.5, 0.6) is 0 Å². The Hall–Kier alpha value is -2.37. The summed E-state index contributed by atoms with van der Waals surface area (Å²) in [5, 5.41) is 8.59. The lowest BCUT2D eigenvalue weighted by atomic mass is 10.1. The van der Waals surface area contributed by atoms with Crippen LogP contribution in [0.2, 0.25) is 5.02 Å². The predicted octanol–water partition coefficient (Wildman–Crippen LogP) is 2.67. The van der Waals surface area contributed by atoms with Crippen molar-refractivity contribution < 1.29 is 9.59 Å². The highest BCUT2D eigenvalue weighted by Gasteiger charge is 2.21. The lowest BCUT2D eigenvalue weighted by molar-refractivity contribution is -0.122. The van der Waals surface area contributed by atoms with Crippen molar-refractivity contribution in [2.45, 2.75) is 12.5 Å². The number of nitrogens with one attached hydrogen (secondary N) is 3. The Morgan fingerprint density at radius 3 is 2.33 bits per heavy atom. The van der Waals surface area contributed by atoms with Crippen molar-refractivity contribution >= 4 is 23.5 Å². The van der Waals surface area contributed by atoms with Crippen LogP contribution in [0.3, 0.4) is 0 Å². The topological polar surface area (TPSA) is 70.2 Å². The number of amides is 3. The zero-order chi connectivity index (χ0) is 17.4. The molecule has 0 unspecified atom stereocenters. The molecule has 0 aliphatic rings. The molecule has 2 aromatic carbocycles. The highest BCUT2D eigenvalue weighted by Crippen LogP contribution is 2.14. The van der Waals surface area contributed by atoms with Gasteiger partial charge in [0.15, 0.2) is 0 Å². The fourth-order valence-corrected chi connectivity index (χ4v) is 2.39. The minimum Gasteiger partial charge on any atom is -0.341 e. The molecule has 126 valence electrons. The van der Waals surface area contributed by atoms with E-state index < -0.39 is 18.0 Å². The van der Waals surface area contributed by atoms with E-state index >= 15 is 0 Å². The number of hydrogen-bond acceptors (Lipinski definition) is 3. The minimum absolute atomic E-state index is 0.392. The first-order valence-electron chi connectivity index (χ1n) is 7.65. The number of rotatable bonds is 6. The molecule has 0 aliphatic carbocycles. The quantitative estimate of drug-likeness (QED) is 0.753. The number of hydrogen-bond donors (Lipinski definition) is 3. The van der Waals surface area contributed by atoms with Gasteiger partial charge in [0.1, 0.15) is 6.04 Å². The second kappa shape index (κ2) is 9.05. The number of benzene rings is 2. The molecule has 0 saturated carbocycles. The van der Waals surface area contributed by atoms with Crippen LogP contribution in [0.25, 0.3) is 0 Å². The summed E-state index contributed by atoms with van der Waals surface area (Å²) in [5.74, 6) is -0.392. The van der Waals surface area contributed by atoms with E-state index in [0.29, 0.717) is 11.6 Å². The maximum absolute atomic E-state index is 12.3. The predicted molar refractivity (Wildman–Crippen MR) is 94.9 cm³/mol. The molecule has 24 heavy (non-hydrogen) atoms. The van der Waals surface area contributed by atoms with Crippen molar-refractivity contribution in [3.8, 4) is 0 Å². The van der Waals surface area contributed by atoms with Gasteiger partial charge in [0.2, 0.25) is 5.91 Å². The van der Waals surface area contributed by atoms with E-state index in [9.17, 15) is 9.59 Å². The van der Waals surface area contributed by atoms with E-state index in [-0.39, 0.29) is 0 Å². The Kier molecular flexibility index (Phi) is 6.78. The number of carbonyl (C=O) groups is 2. The lowest BCUT2D eigenvalue weighted by Gasteiger charge is -2.18. The molecule has 0 fully saturated rings. The van der Waals surface area contributed by atoms with Gasteiger partial charge in [-0.05, 0) is 29.7 Å². The monoisotopic (exact) mass is 345 g/mol. The Morgan fingerprint density at radius 2 is 1.71 bits per heavy atom. The highest BCUT2D eigenvalue weighted by atomic mass is 35.5. The second-order valence-corrected chi connectivity index (χ2v) is 5.68. The fraction of sp³-hybridized carbons (Fsp3) is 0.222. The molecule has 2 aromatic rings. The third-order valence-electron chi connectivity index (χ3n) is 3.53. The SMILES string of the molecule is CNC(=O)NC(=O)[C@@H](NCCc1ccc(Cl)cc1)c1ccccc1. The average Bonchev–Trinajstić information content (AvgIpc) is 2.60. The first-order chi connectivity index (χ1) is 11.6. The van der Waals surface area contributed by atoms with Gasteiger partial charge in [0.05, 0.1) is 0 Å². The van der Waals surface area contributed by atoms with Crippen molar-refractivity contribution in [3.63, 3.8) is 0 Å². The van der Waals surface area contributed by atoms with Crippen LogP contribution in [0.4, 0.5) is 4.79 Å². The summed E-state index contributed by atoms with van der Waals surface area (Å²) in [6.45, 7) is 0.586. The van der Waals surface area contributed by atoms with Gasteiger partial charge in [-0.1, -0.05) is 54.1 Å². The van der Waals surface area contributed by atoms with E-state index in [1.165, 1.54) is 7.05 Å². The van der Waals surface area contributed by atoms with E-state index in [0.717, 1.165) is 17.5 Å². The van der Waals surface area contributed by atoms with Gasteiger partial charge in [0.25, 0.3) is 0 Å². The molecule has 0 heterocycles. The lowest BCUT2D eigenvalue weighted by Crippen LogP contribution is -2.44. The molecule has 3 N–H and O–H groups in total. The molecule has 0 saturated heterocycles. The summed E-state index contributed by atoms with van der Waals surface area (Å²) in [6, 6.07) is 15.7. The Labute approximate surface area is 146 Å². The molecule has 3 amide bonds. The number of urea groups is 1. The summed E-state index contributed by atoms with van der Waals surface area (Å²) >= 11 is 5.87. The molecular weight excluding hydrogens is 326 g/mol. The molecule has 6 heteroatoms.